The molecule has 0 fully saturated rings. The minimum Gasteiger partial charge on any atom is -0.211 e. The van der Waals surface area contributed by atoms with Gasteiger partial charge in [-0.2, -0.15) is 0 Å². The molecule has 0 radical (unpaired) electrons. The van der Waals surface area contributed by atoms with Crippen LogP contribution in [0.3, 0.4) is 0 Å². The smallest absolute Gasteiger partial charge is 0.211 e. The molecule has 0 saturated heterocycles. The van der Waals surface area contributed by atoms with Crippen molar-refractivity contribution in [1.29, 1.82) is 0 Å². The van der Waals surface area contributed by atoms with E-state index in [2.05, 4.69) is 4.99 Å². The van der Waals surface area contributed by atoms with Crippen LogP contribution in [-0.4, -0.2) is 22.9 Å². The second-order valence-electron chi connectivity index (χ2n) is 2.39. The summed E-state index contributed by atoms with van der Waals surface area (Å²) >= 11 is 0. The summed E-state index contributed by atoms with van der Waals surface area (Å²) in [5.41, 5.74) is 0. The predicted molar refractivity (Wildman–Crippen MR) is 46.2 cm³/mol. The van der Waals surface area contributed by atoms with Crippen molar-refractivity contribution < 1.29 is 4.79 Å². The highest BCUT2D eigenvalue weighted by Gasteiger charge is 1.85. The third-order valence-electron chi connectivity index (χ3n) is 1.44. The first kappa shape index (κ1) is 9.60. The molecule has 0 aromatic carbocycles. The average Bonchev–Trinajstić information content (AvgIpc) is 1.97. The Kier molecular flexibility index (Phi) is 8.25. The van der Waals surface area contributed by atoms with Crippen LogP contribution in [0.5, 0.6) is 0 Å². The maximum atomic E-state index is 9.61. The number of hydrogen-bond acceptors (Lipinski definition) is 2. The number of aliphatic imine (C=N–C) groups is 1. The molecule has 0 atom stereocenters. The van der Waals surface area contributed by atoms with Gasteiger partial charge in [0.15, 0.2) is 0 Å². The summed E-state index contributed by atoms with van der Waals surface area (Å²) in [5.74, 6) is 0. The second kappa shape index (κ2) is 8.60. The van der Waals surface area contributed by atoms with E-state index < -0.39 is 0 Å². The van der Waals surface area contributed by atoms with Gasteiger partial charge in [0.1, 0.15) is 0 Å². The van der Waals surface area contributed by atoms with Crippen LogP contribution in [0.25, 0.3) is 0 Å². The highest BCUT2D eigenvalue weighted by Crippen LogP contribution is 2.00. The van der Waals surface area contributed by atoms with E-state index in [-0.39, 0.29) is 0 Å². The molecule has 0 rings (SSSR count). The third kappa shape index (κ3) is 7.60. The molecule has 2 nitrogen and oxygen atoms in total. The Balaban J connectivity index is 2.83. The van der Waals surface area contributed by atoms with E-state index in [0.29, 0.717) is 6.54 Å². The molecule has 0 aliphatic heterocycles. The number of isocyanates is 1. The van der Waals surface area contributed by atoms with E-state index in [9.17, 15) is 4.79 Å². The van der Waals surface area contributed by atoms with Gasteiger partial charge in [-0.25, -0.2) is 9.79 Å². The maximum Gasteiger partial charge on any atom is 0.234 e. The van der Waals surface area contributed by atoms with Crippen LogP contribution in [0.15, 0.2) is 4.99 Å². The van der Waals surface area contributed by atoms with Crippen LogP contribution >= 0.6 is 0 Å². The lowest BCUT2D eigenvalue weighted by Crippen LogP contribution is -1.81. The summed E-state index contributed by atoms with van der Waals surface area (Å²) in [4.78, 5) is 13.1. The summed E-state index contributed by atoms with van der Waals surface area (Å²) in [6.07, 6.45) is 6.47. The molecule has 0 N–H and O–H groups in total. The van der Waals surface area contributed by atoms with Gasteiger partial charge < -0.3 is 0 Å². The molecule has 3 heteroatoms. The molecule has 0 unspecified atom stereocenters. The molecule has 0 spiro atoms. The van der Waals surface area contributed by atoms with Crippen molar-refractivity contribution in [2.24, 2.45) is 4.99 Å². The predicted octanol–water partition coefficient (Wildman–Crippen LogP) is 0.666. The summed E-state index contributed by atoms with van der Waals surface area (Å²) in [6.45, 7) is 0.671. The van der Waals surface area contributed by atoms with Crippen molar-refractivity contribution in [2.45, 2.75) is 31.7 Å². The number of unbranched alkanes of at least 4 members (excludes halogenated alkanes) is 3. The van der Waals surface area contributed by atoms with Gasteiger partial charge in [0.05, 0.1) is 6.54 Å². The molecule has 0 aromatic rings. The van der Waals surface area contributed by atoms with Crippen LogP contribution in [0.2, 0.25) is 6.04 Å². The minimum absolute atomic E-state index is 0.671. The topological polar surface area (TPSA) is 29.4 Å². The van der Waals surface area contributed by atoms with Gasteiger partial charge in [-0.15, -0.1) is 0 Å². The largest absolute Gasteiger partial charge is 0.234 e. The minimum atomic E-state index is 0.671. The second-order valence-corrected chi connectivity index (χ2v) is 3.39. The summed E-state index contributed by atoms with van der Waals surface area (Å²) in [5, 5.41) is 0. The van der Waals surface area contributed by atoms with Crippen molar-refractivity contribution in [2.75, 3.05) is 6.54 Å². The number of hydrogen-bond donors (Lipinski definition) is 0. The molecule has 0 bridgehead atoms. The van der Waals surface area contributed by atoms with Crippen molar-refractivity contribution >= 4 is 16.3 Å². The van der Waals surface area contributed by atoms with Crippen molar-refractivity contribution in [1.82, 2.24) is 0 Å². The molecule has 58 valence electrons. The third-order valence-corrected chi connectivity index (χ3v) is 2.15. The van der Waals surface area contributed by atoms with E-state index in [0.717, 1.165) is 6.42 Å². The normalized spacial score (nSPS) is 9.20. The van der Waals surface area contributed by atoms with Crippen LogP contribution < -0.4 is 0 Å². The zero-order valence-electron chi connectivity index (χ0n) is 6.60. The van der Waals surface area contributed by atoms with Gasteiger partial charge in [-0.1, -0.05) is 25.3 Å². The van der Waals surface area contributed by atoms with Gasteiger partial charge in [-0.05, 0) is 6.42 Å². The lowest BCUT2D eigenvalue weighted by Gasteiger charge is -1.93. The maximum absolute atomic E-state index is 9.61. The van der Waals surface area contributed by atoms with Gasteiger partial charge in [-0.3, -0.25) is 0 Å². The van der Waals surface area contributed by atoms with Gasteiger partial charge in [0.2, 0.25) is 6.08 Å². The highest BCUT2D eigenvalue weighted by atomic mass is 28.1. The standard InChI is InChI=1S/C7H15NOSi/c9-7-8-5-3-1-2-4-6-10/h1-6H2,10H3. The molecule has 0 aliphatic rings. The molecular weight excluding hydrogens is 142 g/mol. The average molecular weight is 157 g/mol. The molecule has 0 aromatic heterocycles. The fourth-order valence-corrected chi connectivity index (χ4v) is 1.34. The Labute approximate surface area is 65.2 Å². The Bertz CT molecular complexity index is 110. The molecule has 0 amide bonds. The van der Waals surface area contributed by atoms with Crippen molar-refractivity contribution in [3.63, 3.8) is 0 Å². The Hall–Kier alpha value is -0.403. The zero-order valence-corrected chi connectivity index (χ0v) is 8.60. The Morgan fingerprint density at radius 2 is 1.90 bits per heavy atom. The molecular formula is C7H15NOSi. The van der Waals surface area contributed by atoms with E-state index in [1.807, 2.05) is 0 Å². The van der Waals surface area contributed by atoms with Gasteiger partial charge in [0.25, 0.3) is 0 Å². The number of nitrogens with zero attached hydrogens (tertiary/aromatic N) is 1. The highest BCUT2D eigenvalue weighted by molar-refractivity contribution is 6.08. The number of rotatable bonds is 6. The van der Waals surface area contributed by atoms with Crippen LogP contribution in [-0.2, 0) is 4.79 Å². The van der Waals surface area contributed by atoms with E-state index in [1.54, 1.807) is 6.08 Å². The van der Waals surface area contributed by atoms with E-state index >= 15 is 0 Å². The first-order valence-corrected chi connectivity index (χ1v) is 5.37. The van der Waals surface area contributed by atoms with Crippen molar-refractivity contribution in [3.8, 4) is 0 Å². The molecule has 0 heterocycles. The van der Waals surface area contributed by atoms with E-state index in [1.165, 1.54) is 35.5 Å². The summed E-state index contributed by atoms with van der Waals surface area (Å²) in [7, 11) is 1.32. The lowest BCUT2D eigenvalue weighted by atomic mass is 10.2. The molecule has 0 saturated carbocycles. The quantitative estimate of drug-likeness (QED) is 0.241. The monoisotopic (exact) mass is 157 g/mol. The fourth-order valence-electron chi connectivity index (χ4n) is 0.840. The van der Waals surface area contributed by atoms with Gasteiger partial charge >= 0.3 is 0 Å². The summed E-state index contributed by atoms with van der Waals surface area (Å²) < 4.78 is 0. The SMILES string of the molecule is O=C=NCCCCCC[SiH3]. The summed E-state index contributed by atoms with van der Waals surface area (Å²) in [6, 6.07) is 1.40. The van der Waals surface area contributed by atoms with E-state index in [4.69, 9.17) is 0 Å². The zero-order chi connectivity index (χ0) is 7.66. The fraction of sp³-hybridized carbons (Fsp3) is 0.857. The Morgan fingerprint density at radius 1 is 1.20 bits per heavy atom. The Morgan fingerprint density at radius 3 is 2.50 bits per heavy atom. The lowest BCUT2D eigenvalue weighted by molar-refractivity contribution is 0.561. The first-order valence-electron chi connectivity index (χ1n) is 3.95. The van der Waals surface area contributed by atoms with Crippen LogP contribution in [0, 0.1) is 0 Å². The van der Waals surface area contributed by atoms with Crippen LogP contribution in [0.4, 0.5) is 0 Å². The molecule has 10 heavy (non-hydrogen) atoms. The van der Waals surface area contributed by atoms with Crippen molar-refractivity contribution in [3.05, 3.63) is 0 Å². The van der Waals surface area contributed by atoms with Crippen LogP contribution in [0.1, 0.15) is 25.7 Å². The van der Waals surface area contributed by atoms with Gasteiger partial charge in [0, 0.05) is 10.2 Å². The first-order chi connectivity index (χ1) is 4.91. The molecule has 0 aliphatic carbocycles. The number of carbonyl (C=O) groups excluding carboxylic acids is 1.